The summed E-state index contributed by atoms with van der Waals surface area (Å²) >= 11 is 0. The lowest BCUT2D eigenvalue weighted by Gasteiger charge is -2.19. The van der Waals surface area contributed by atoms with Crippen molar-refractivity contribution < 1.29 is 37.6 Å². The van der Waals surface area contributed by atoms with Gasteiger partial charge in [0.25, 0.3) is 0 Å². The number of ether oxygens (including phenoxy) is 2. The third-order valence-electron chi connectivity index (χ3n) is 10.8. The monoisotopic (exact) mass is 856 g/mol. The van der Waals surface area contributed by atoms with Crippen LogP contribution in [0.5, 0.6) is 0 Å². The molecule has 0 saturated carbocycles. The molecule has 9 nitrogen and oxygen atoms in total. The molecule has 0 aromatic rings. The van der Waals surface area contributed by atoms with Crippen molar-refractivity contribution in [3.63, 3.8) is 0 Å². The van der Waals surface area contributed by atoms with Crippen LogP contribution in [0.15, 0.2) is 24.3 Å². The normalized spacial score (nSPS) is 13.4. The van der Waals surface area contributed by atoms with E-state index in [0.717, 1.165) is 38.5 Å². The van der Waals surface area contributed by atoms with Gasteiger partial charge in [-0.1, -0.05) is 212 Å². The molecule has 0 spiro atoms. The van der Waals surface area contributed by atoms with Crippen LogP contribution in [0, 0.1) is 0 Å². The Labute approximate surface area is 363 Å². The van der Waals surface area contributed by atoms with E-state index in [1.165, 1.54) is 167 Å². The quantitative estimate of drug-likeness (QED) is 0.0265. The number of allylic oxidation sites excluding steroid dienone is 4. The van der Waals surface area contributed by atoms with Crippen LogP contribution in [0.25, 0.3) is 0 Å². The SMILES string of the molecule is CCCCCCCC/C=C/C/C=C/CCCCC(=O)OC[C@H](COP(=O)(O)OCCN)OC(=O)CCCCCCCCCCCCCCCCCCCCCCCCC. The maximum Gasteiger partial charge on any atom is 0.472 e. The molecule has 0 aliphatic carbocycles. The van der Waals surface area contributed by atoms with Crippen LogP contribution >= 0.6 is 7.82 Å². The molecule has 3 N–H and O–H groups in total. The van der Waals surface area contributed by atoms with Crippen molar-refractivity contribution in [2.24, 2.45) is 5.73 Å². The van der Waals surface area contributed by atoms with Crippen molar-refractivity contribution in [3.8, 4) is 0 Å². The van der Waals surface area contributed by atoms with Crippen LogP contribution < -0.4 is 5.73 Å². The standard InChI is InChI=1S/C49H94NO8P/c1-3-5-7-9-11-13-15-17-19-20-21-22-23-24-25-26-28-30-32-34-36-38-40-42-49(52)58-47(46-57-59(53,54)56-44-43-50)45-55-48(51)41-39-37-35-33-31-29-27-18-16-14-12-10-8-6-4-2/h18,27,31,33,47H,3-17,19-26,28-30,32,34-46,50H2,1-2H3,(H,53,54)/b27-18+,33-31+/t47-/m1/s1. The van der Waals surface area contributed by atoms with Crippen LogP contribution in [0.2, 0.25) is 0 Å². The van der Waals surface area contributed by atoms with E-state index in [9.17, 15) is 19.0 Å². The Kier molecular flexibility index (Phi) is 44.8. The third-order valence-corrected chi connectivity index (χ3v) is 11.8. The van der Waals surface area contributed by atoms with Crippen LogP contribution in [0.4, 0.5) is 0 Å². The lowest BCUT2D eigenvalue weighted by atomic mass is 10.0. The van der Waals surface area contributed by atoms with E-state index in [0.29, 0.717) is 12.8 Å². The molecule has 0 saturated heterocycles. The van der Waals surface area contributed by atoms with Crippen LogP contribution in [0.3, 0.4) is 0 Å². The molecule has 0 radical (unpaired) electrons. The van der Waals surface area contributed by atoms with Gasteiger partial charge in [0, 0.05) is 19.4 Å². The van der Waals surface area contributed by atoms with E-state index in [4.69, 9.17) is 24.3 Å². The minimum atomic E-state index is -4.38. The van der Waals surface area contributed by atoms with Gasteiger partial charge in [-0.25, -0.2) is 4.57 Å². The summed E-state index contributed by atoms with van der Waals surface area (Å²) in [7, 11) is -4.38. The van der Waals surface area contributed by atoms with Gasteiger partial charge in [0.05, 0.1) is 13.2 Å². The summed E-state index contributed by atoms with van der Waals surface area (Å²) in [6.45, 7) is 3.73. The molecule has 348 valence electrons. The minimum Gasteiger partial charge on any atom is -0.462 e. The predicted octanol–water partition coefficient (Wildman–Crippen LogP) is 14.7. The van der Waals surface area contributed by atoms with Crippen molar-refractivity contribution in [2.45, 2.75) is 251 Å². The number of nitrogens with two attached hydrogens (primary N) is 1. The van der Waals surface area contributed by atoms with E-state index < -0.39 is 32.5 Å². The Balaban J connectivity index is 4.04. The van der Waals surface area contributed by atoms with Crippen molar-refractivity contribution in [3.05, 3.63) is 24.3 Å². The second-order valence-corrected chi connectivity index (χ2v) is 18.1. The highest BCUT2D eigenvalue weighted by Gasteiger charge is 2.26. The average Bonchev–Trinajstić information content (AvgIpc) is 3.22. The maximum absolute atomic E-state index is 12.6. The summed E-state index contributed by atoms with van der Waals surface area (Å²) in [5, 5.41) is 0. The Morgan fingerprint density at radius 3 is 1.32 bits per heavy atom. The molecule has 2 atom stereocenters. The molecule has 0 amide bonds. The van der Waals surface area contributed by atoms with Gasteiger partial charge in [0.1, 0.15) is 6.61 Å². The van der Waals surface area contributed by atoms with Gasteiger partial charge in [0.2, 0.25) is 0 Å². The second-order valence-electron chi connectivity index (χ2n) is 16.7. The van der Waals surface area contributed by atoms with E-state index in [1.54, 1.807) is 0 Å². The summed E-state index contributed by atoms with van der Waals surface area (Å²) in [5.41, 5.74) is 5.36. The summed E-state index contributed by atoms with van der Waals surface area (Å²) in [6, 6.07) is 0. The number of rotatable bonds is 47. The van der Waals surface area contributed by atoms with Gasteiger partial charge in [0.15, 0.2) is 6.10 Å². The predicted molar refractivity (Wildman–Crippen MR) is 247 cm³/mol. The maximum atomic E-state index is 12.6. The smallest absolute Gasteiger partial charge is 0.462 e. The first-order valence-corrected chi connectivity index (χ1v) is 26.3. The average molecular weight is 856 g/mol. The number of hydrogen-bond acceptors (Lipinski definition) is 8. The van der Waals surface area contributed by atoms with E-state index in [2.05, 4.69) is 38.2 Å². The molecule has 0 rings (SSSR count). The number of unbranched alkanes of at least 4 members (excludes halogenated alkanes) is 30. The van der Waals surface area contributed by atoms with E-state index in [-0.39, 0.29) is 32.6 Å². The molecule has 0 aromatic heterocycles. The highest BCUT2D eigenvalue weighted by molar-refractivity contribution is 7.47. The highest BCUT2D eigenvalue weighted by Crippen LogP contribution is 2.43. The fraction of sp³-hybridized carbons (Fsp3) is 0.878. The molecule has 0 heterocycles. The Morgan fingerprint density at radius 1 is 0.508 bits per heavy atom. The molecule has 0 bridgehead atoms. The number of carbonyl (C=O) groups excluding carboxylic acids is 2. The van der Waals surface area contributed by atoms with Crippen molar-refractivity contribution in [2.75, 3.05) is 26.4 Å². The van der Waals surface area contributed by atoms with Gasteiger partial charge >= 0.3 is 19.8 Å². The number of esters is 2. The summed E-state index contributed by atoms with van der Waals surface area (Å²) < 4.78 is 32.8. The molecule has 59 heavy (non-hydrogen) atoms. The largest absolute Gasteiger partial charge is 0.472 e. The zero-order valence-corrected chi connectivity index (χ0v) is 39.4. The lowest BCUT2D eigenvalue weighted by molar-refractivity contribution is -0.161. The Morgan fingerprint density at radius 2 is 0.881 bits per heavy atom. The lowest BCUT2D eigenvalue weighted by Crippen LogP contribution is -2.29. The summed E-state index contributed by atoms with van der Waals surface area (Å²) in [5.74, 6) is -0.855. The zero-order valence-electron chi connectivity index (χ0n) is 38.5. The Bertz CT molecular complexity index is 1020. The molecular weight excluding hydrogens is 762 g/mol. The highest BCUT2D eigenvalue weighted by atomic mass is 31.2. The Hall–Kier alpha value is -1.51. The number of carbonyl (C=O) groups is 2. The molecule has 10 heteroatoms. The topological polar surface area (TPSA) is 134 Å². The molecule has 0 aliphatic rings. The van der Waals surface area contributed by atoms with Gasteiger partial charge in [-0.05, 0) is 44.9 Å². The zero-order chi connectivity index (χ0) is 43.2. The minimum absolute atomic E-state index is 0.0512. The van der Waals surface area contributed by atoms with Gasteiger partial charge in [-0.3, -0.25) is 18.6 Å². The fourth-order valence-electron chi connectivity index (χ4n) is 7.14. The van der Waals surface area contributed by atoms with E-state index >= 15 is 0 Å². The third kappa shape index (κ3) is 45.8. The van der Waals surface area contributed by atoms with Crippen molar-refractivity contribution in [1.29, 1.82) is 0 Å². The van der Waals surface area contributed by atoms with Gasteiger partial charge < -0.3 is 20.1 Å². The first-order valence-electron chi connectivity index (χ1n) is 24.8. The molecule has 0 fully saturated rings. The molecule has 1 unspecified atom stereocenters. The molecule has 0 aromatic carbocycles. The second kappa shape index (κ2) is 46.0. The van der Waals surface area contributed by atoms with Crippen LogP contribution in [-0.4, -0.2) is 49.3 Å². The van der Waals surface area contributed by atoms with Gasteiger partial charge in [-0.15, -0.1) is 0 Å². The first-order chi connectivity index (χ1) is 28.8. The molecule has 0 aliphatic heterocycles. The van der Waals surface area contributed by atoms with Gasteiger partial charge in [-0.2, -0.15) is 0 Å². The number of hydrogen-bond donors (Lipinski definition) is 2. The fourth-order valence-corrected chi connectivity index (χ4v) is 7.90. The van der Waals surface area contributed by atoms with Crippen LogP contribution in [-0.2, 0) is 32.7 Å². The number of phosphoric acid groups is 1. The first kappa shape index (κ1) is 57.5. The molecular formula is C49H94NO8P. The van der Waals surface area contributed by atoms with Crippen molar-refractivity contribution in [1.82, 2.24) is 0 Å². The van der Waals surface area contributed by atoms with Crippen LogP contribution in [0.1, 0.15) is 245 Å². The number of phosphoric ester groups is 1. The summed E-state index contributed by atoms with van der Waals surface area (Å²) in [6.07, 6.45) is 50.8. The van der Waals surface area contributed by atoms with E-state index in [1.807, 2.05) is 0 Å². The summed E-state index contributed by atoms with van der Waals surface area (Å²) in [4.78, 5) is 35.0. The van der Waals surface area contributed by atoms with Crippen molar-refractivity contribution >= 4 is 19.8 Å².